The lowest BCUT2D eigenvalue weighted by Gasteiger charge is -2.18. The van der Waals surface area contributed by atoms with E-state index in [0.717, 1.165) is 4.68 Å². The van der Waals surface area contributed by atoms with E-state index in [-0.39, 0.29) is 0 Å². The van der Waals surface area contributed by atoms with Gasteiger partial charge in [-0.25, -0.2) is 4.79 Å². The van der Waals surface area contributed by atoms with Gasteiger partial charge >= 0.3 is 6.09 Å². The standard InChI is InChI=1S/C8H11N2O2/c1-8(2,3)12-7(11)10-6-4-5-9-10/h5-6H,1-3H3. The minimum Gasteiger partial charge on any atom is -0.442 e. The number of ether oxygens (including phenoxy) is 1. The summed E-state index contributed by atoms with van der Waals surface area (Å²) in [6.07, 6.45) is 2.35. The van der Waals surface area contributed by atoms with Crippen molar-refractivity contribution in [2.75, 3.05) is 0 Å². The highest BCUT2D eigenvalue weighted by molar-refractivity contribution is 5.69. The van der Waals surface area contributed by atoms with Crippen molar-refractivity contribution in [1.82, 2.24) is 9.78 Å². The number of carbonyl (C=O) groups is 1. The maximum absolute atomic E-state index is 11.2. The molecule has 0 saturated heterocycles. The molecule has 0 aliphatic heterocycles. The van der Waals surface area contributed by atoms with Crippen LogP contribution in [0.2, 0.25) is 0 Å². The van der Waals surface area contributed by atoms with E-state index in [1.165, 1.54) is 12.4 Å². The number of rotatable bonds is 0. The molecule has 0 aliphatic rings. The van der Waals surface area contributed by atoms with Gasteiger partial charge in [0.25, 0.3) is 0 Å². The van der Waals surface area contributed by atoms with Crippen molar-refractivity contribution in [3.05, 3.63) is 18.5 Å². The summed E-state index contributed by atoms with van der Waals surface area (Å²) in [4.78, 5) is 11.2. The molecule has 0 N–H and O–H groups in total. The highest BCUT2D eigenvalue weighted by Gasteiger charge is 2.17. The van der Waals surface area contributed by atoms with Crippen molar-refractivity contribution in [1.29, 1.82) is 0 Å². The Hall–Kier alpha value is -1.32. The van der Waals surface area contributed by atoms with Gasteiger partial charge in [-0.1, -0.05) is 0 Å². The molecule has 65 valence electrons. The molecule has 0 fully saturated rings. The zero-order valence-electron chi connectivity index (χ0n) is 7.37. The van der Waals surface area contributed by atoms with Gasteiger partial charge in [-0.05, 0) is 20.8 Å². The van der Waals surface area contributed by atoms with Crippen LogP contribution in [0.5, 0.6) is 0 Å². The second-order valence-electron chi connectivity index (χ2n) is 3.37. The molecular formula is C8H11N2O2. The fourth-order valence-electron chi connectivity index (χ4n) is 0.641. The van der Waals surface area contributed by atoms with Crippen molar-refractivity contribution in [2.45, 2.75) is 26.4 Å². The Morgan fingerprint density at radius 2 is 2.25 bits per heavy atom. The van der Waals surface area contributed by atoms with E-state index in [4.69, 9.17) is 4.74 Å². The van der Waals surface area contributed by atoms with Gasteiger partial charge in [-0.2, -0.15) is 9.78 Å². The lowest BCUT2D eigenvalue weighted by molar-refractivity contribution is 0.0514. The summed E-state index contributed by atoms with van der Waals surface area (Å²) < 4.78 is 6.13. The number of hydrogen-bond donors (Lipinski definition) is 0. The lowest BCUT2D eigenvalue weighted by Crippen LogP contribution is -2.27. The second kappa shape index (κ2) is 2.97. The molecule has 1 heterocycles. The number of nitrogens with zero attached hydrogens (tertiary/aromatic N) is 2. The summed E-state index contributed by atoms with van der Waals surface area (Å²) >= 11 is 0. The quantitative estimate of drug-likeness (QED) is 0.587. The number of hydrogen-bond acceptors (Lipinski definition) is 3. The van der Waals surface area contributed by atoms with Crippen LogP contribution in [0.25, 0.3) is 0 Å². The van der Waals surface area contributed by atoms with Gasteiger partial charge < -0.3 is 4.74 Å². The predicted molar refractivity (Wildman–Crippen MR) is 42.7 cm³/mol. The van der Waals surface area contributed by atoms with Crippen molar-refractivity contribution >= 4 is 6.09 Å². The topological polar surface area (TPSA) is 44.1 Å². The van der Waals surface area contributed by atoms with E-state index >= 15 is 0 Å². The van der Waals surface area contributed by atoms with Gasteiger partial charge in [0.05, 0.1) is 6.20 Å². The molecule has 1 aromatic rings. The van der Waals surface area contributed by atoms with Crippen LogP contribution in [0, 0.1) is 6.07 Å². The summed E-state index contributed by atoms with van der Waals surface area (Å²) in [6, 6.07) is 2.65. The minimum atomic E-state index is -0.483. The normalized spacial score (nSPS) is 11.2. The molecule has 12 heavy (non-hydrogen) atoms. The molecule has 0 unspecified atom stereocenters. The Labute approximate surface area is 71.1 Å². The zero-order chi connectivity index (χ0) is 9.19. The molecule has 0 aromatic carbocycles. The highest BCUT2D eigenvalue weighted by Crippen LogP contribution is 2.07. The molecule has 4 nitrogen and oxygen atoms in total. The Balaban J connectivity index is 2.63. The Kier molecular flexibility index (Phi) is 2.17. The molecule has 0 aliphatic carbocycles. The van der Waals surface area contributed by atoms with Gasteiger partial charge in [0.2, 0.25) is 0 Å². The fourth-order valence-corrected chi connectivity index (χ4v) is 0.641. The van der Waals surface area contributed by atoms with Crippen molar-refractivity contribution in [2.24, 2.45) is 0 Å². The Morgan fingerprint density at radius 3 is 2.67 bits per heavy atom. The van der Waals surface area contributed by atoms with E-state index in [1.807, 2.05) is 0 Å². The number of aromatic nitrogens is 2. The van der Waals surface area contributed by atoms with E-state index in [1.54, 1.807) is 20.8 Å². The molecule has 0 amide bonds. The van der Waals surface area contributed by atoms with Crippen LogP contribution in [-0.4, -0.2) is 21.5 Å². The van der Waals surface area contributed by atoms with E-state index < -0.39 is 11.7 Å². The third-order valence-electron chi connectivity index (χ3n) is 1.03. The molecule has 0 bridgehead atoms. The molecule has 1 aromatic heterocycles. The first-order valence-corrected chi connectivity index (χ1v) is 3.63. The number of carbonyl (C=O) groups excluding carboxylic acids is 1. The van der Waals surface area contributed by atoms with Crippen molar-refractivity contribution in [3.8, 4) is 0 Å². The maximum Gasteiger partial charge on any atom is 0.435 e. The SMILES string of the molecule is CC(C)(C)OC(=O)n1c[c]cn1. The molecule has 4 heteroatoms. The van der Waals surface area contributed by atoms with Crippen LogP contribution in [0.15, 0.2) is 12.4 Å². The van der Waals surface area contributed by atoms with Crippen LogP contribution in [0.1, 0.15) is 20.8 Å². The van der Waals surface area contributed by atoms with Crippen LogP contribution >= 0.6 is 0 Å². The third kappa shape index (κ3) is 2.38. The van der Waals surface area contributed by atoms with Gasteiger partial charge in [0.15, 0.2) is 0 Å². The highest BCUT2D eigenvalue weighted by atomic mass is 16.6. The van der Waals surface area contributed by atoms with Crippen LogP contribution in [-0.2, 0) is 4.74 Å². The van der Waals surface area contributed by atoms with Crippen LogP contribution < -0.4 is 0 Å². The maximum atomic E-state index is 11.2. The summed E-state index contributed by atoms with van der Waals surface area (Å²) in [7, 11) is 0. The molecule has 0 spiro atoms. The molecule has 1 rings (SSSR count). The van der Waals surface area contributed by atoms with Gasteiger partial charge in [0.1, 0.15) is 5.60 Å². The Bertz CT molecular complexity index is 259. The fraction of sp³-hybridized carbons (Fsp3) is 0.500. The van der Waals surface area contributed by atoms with Gasteiger partial charge in [-0.3, -0.25) is 0 Å². The van der Waals surface area contributed by atoms with Gasteiger partial charge in [-0.15, -0.1) is 0 Å². The smallest absolute Gasteiger partial charge is 0.435 e. The van der Waals surface area contributed by atoms with Crippen molar-refractivity contribution in [3.63, 3.8) is 0 Å². The molecule has 0 atom stereocenters. The first-order chi connectivity index (χ1) is 5.49. The summed E-state index contributed by atoms with van der Waals surface area (Å²) in [5, 5.41) is 3.69. The monoisotopic (exact) mass is 167 g/mol. The lowest BCUT2D eigenvalue weighted by atomic mass is 10.2. The van der Waals surface area contributed by atoms with Crippen LogP contribution in [0.3, 0.4) is 0 Å². The molecular weight excluding hydrogens is 156 g/mol. The summed E-state index contributed by atoms with van der Waals surface area (Å²) in [5.74, 6) is 0. The average Bonchev–Trinajstić information content (AvgIpc) is 2.32. The van der Waals surface area contributed by atoms with Gasteiger partial charge in [0, 0.05) is 12.3 Å². The van der Waals surface area contributed by atoms with E-state index in [2.05, 4.69) is 11.2 Å². The second-order valence-corrected chi connectivity index (χ2v) is 3.37. The zero-order valence-corrected chi connectivity index (χ0v) is 7.37. The minimum absolute atomic E-state index is 0.483. The van der Waals surface area contributed by atoms with E-state index in [9.17, 15) is 4.79 Å². The predicted octanol–water partition coefficient (Wildman–Crippen LogP) is 1.47. The summed E-state index contributed by atoms with van der Waals surface area (Å²) in [5.41, 5.74) is -0.483. The third-order valence-corrected chi connectivity index (χ3v) is 1.03. The molecule has 1 radical (unpaired) electrons. The van der Waals surface area contributed by atoms with Crippen LogP contribution in [0.4, 0.5) is 4.79 Å². The largest absolute Gasteiger partial charge is 0.442 e. The van der Waals surface area contributed by atoms with E-state index in [0.29, 0.717) is 0 Å². The first-order valence-electron chi connectivity index (χ1n) is 3.63. The summed E-state index contributed by atoms with van der Waals surface area (Å²) in [6.45, 7) is 5.41. The average molecular weight is 167 g/mol. The molecule has 0 saturated carbocycles. The van der Waals surface area contributed by atoms with Crippen molar-refractivity contribution < 1.29 is 9.53 Å². The Morgan fingerprint density at radius 1 is 1.58 bits per heavy atom. The first kappa shape index (κ1) is 8.77.